The van der Waals surface area contributed by atoms with Crippen LogP contribution in [0.5, 0.6) is 0 Å². The summed E-state index contributed by atoms with van der Waals surface area (Å²) in [4.78, 5) is 24.0. The van der Waals surface area contributed by atoms with Gasteiger partial charge in [0.05, 0.1) is 23.1 Å². The molecular formula is C20H15Cl2N3O3. The van der Waals surface area contributed by atoms with Gasteiger partial charge in [-0.05, 0) is 28.8 Å². The van der Waals surface area contributed by atoms with Crippen LogP contribution in [0.1, 0.15) is 23.1 Å². The van der Waals surface area contributed by atoms with Gasteiger partial charge in [0, 0.05) is 22.7 Å². The number of nitrogens with zero attached hydrogens (tertiary/aromatic N) is 1. The summed E-state index contributed by atoms with van der Waals surface area (Å²) in [5, 5.41) is 21.8. The van der Waals surface area contributed by atoms with E-state index in [1.54, 1.807) is 30.3 Å². The van der Waals surface area contributed by atoms with Crippen molar-refractivity contribution < 1.29 is 14.7 Å². The van der Waals surface area contributed by atoms with Gasteiger partial charge in [0.15, 0.2) is 0 Å². The molecule has 1 amide bonds. The highest BCUT2D eigenvalue weighted by molar-refractivity contribution is 6.38. The molecule has 2 aromatic carbocycles. The zero-order valence-corrected chi connectivity index (χ0v) is 16.0. The van der Waals surface area contributed by atoms with Crippen molar-refractivity contribution >= 4 is 51.9 Å². The van der Waals surface area contributed by atoms with Crippen LogP contribution in [0.25, 0.3) is 11.1 Å². The Morgan fingerprint density at radius 3 is 2.50 bits per heavy atom. The maximum Gasteiger partial charge on any atom is 0.326 e. The van der Waals surface area contributed by atoms with Crippen LogP contribution >= 0.6 is 23.2 Å². The molecule has 0 spiro atoms. The largest absolute Gasteiger partial charge is 0.480 e. The minimum atomic E-state index is -1.08. The van der Waals surface area contributed by atoms with Crippen molar-refractivity contribution in [2.45, 2.75) is 18.9 Å². The first-order chi connectivity index (χ1) is 13.3. The third-order valence-corrected chi connectivity index (χ3v) is 4.98. The lowest BCUT2D eigenvalue weighted by Crippen LogP contribution is -2.33. The number of anilines is 1. The van der Waals surface area contributed by atoms with E-state index in [0.29, 0.717) is 27.4 Å². The van der Waals surface area contributed by atoms with E-state index >= 15 is 0 Å². The number of primary amides is 1. The van der Waals surface area contributed by atoms with Crippen molar-refractivity contribution in [2.24, 2.45) is 5.73 Å². The van der Waals surface area contributed by atoms with Crippen molar-refractivity contribution in [3.8, 4) is 6.07 Å². The molecule has 1 unspecified atom stereocenters. The third-order valence-electron chi connectivity index (χ3n) is 4.47. The molecule has 8 heteroatoms. The number of rotatable bonds is 4. The summed E-state index contributed by atoms with van der Waals surface area (Å²) in [6.07, 6.45) is 0.253. The smallest absolute Gasteiger partial charge is 0.326 e. The van der Waals surface area contributed by atoms with Crippen LogP contribution < -0.4 is 11.1 Å². The minimum absolute atomic E-state index is 0.0158. The molecule has 1 aliphatic rings. The first-order valence-corrected chi connectivity index (χ1v) is 9.05. The number of hydrogen-bond acceptors (Lipinski definition) is 4. The maximum absolute atomic E-state index is 12.3. The van der Waals surface area contributed by atoms with Gasteiger partial charge in [0.25, 0.3) is 0 Å². The van der Waals surface area contributed by atoms with Crippen LogP contribution in [0.4, 0.5) is 5.69 Å². The molecule has 0 bridgehead atoms. The number of carbonyl (C=O) groups is 2. The van der Waals surface area contributed by atoms with Gasteiger partial charge >= 0.3 is 5.97 Å². The molecule has 0 saturated heterocycles. The van der Waals surface area contributed by atoms with Crippen molar-refractivity contribution in [3.63, 3.8) is 0 Å². The average Bonchev–Trinajstić information content (AvgIpc) is 2.62. The summed E-state index contributed by atoms with van der Waals surface area (Å²) in [6, 6.07) is 11.0. The number of carboxylic acids is 1. The number of nitrogens with one attached hydrogen (secondary N) is 1. The van der Waals surface area contributed by atoms with Crippen LogP contribution in [0.3, 0.4) is 0 Å². The Bertz CT molecular complexity index is 1040. The summed E-state index contributed by atoms with van der Waals surface area (Å²) < 4.78 is 0. The number of amides is 1. The van der Waals surface area contributed by atoms with Gasteiger partial charge in [-0.1, -0.05) is 47.5 Å². The highest BCUT2D eigenvalue weighted by Crippen LogP contribution is 2.43. The van der Waals surface area contributed by atoms with Gasteiger partial charge in [-0.2, -0.15) is 5.26 Å². The van der Waals surface area contributed by atoms with Crippen molar-refractivity contribution in [1.82, 2.24) is 0 Å². The Kier molecular flexibility index (Phi) is 5.59. The van der Waals surface area contributed by atoms with E-state index in [-0.39, 0.29) is 23.4 Å². The van der Waals surface area contributed by atoms with Crippen LogP contribution in [0, 0.1) is 11.3 Å². The molecular weight excluding hydrogens is 401 g/mol. The van der Waals surface area contributed by atoms with Gasteiger partial charge in [-0.25, -0.2) is 4.79 Å². The molecule has 0 fully saturated rings. The molecule has 2 aromatic rings. The Morgan fingerprint density at radius 1 is 1.25 bits per heavy atom. The van der Waals surface area contributed by atoms with Crippen molar-refractivity contribution in [3.05, 3.63) is 63.1 Å². The second kappa shape index (κ2) is 7.93. The first kappa shape index (κ1) is 19.7. The summed E-state index contributed by atoms with van der Waals surface area (Å²) in [5.41, 5.74) is 8.52. The third kappa shape index (κ3) is 3.81. The number of benzene rings is 2. The standard InChI is InChI=1S/C20H15Cl2N3O3/c21-12-7-14(22)18-13(9-16(20(27)28)25-15(18)8-12)17(19(24)26)11-3-1-10(2-4-11)5-6-23/h1-4,7-8,16,25H,5,9H2,(H2,24,26)(H,27,28)/b17-13+. The predicted molar refractivity (Wildman–Crippen MR) is 108 cm³/mol. The van der Waals surface area contributed by atoms with Gasteiger partial charge in [0.2, 0.25) is 5.91 Å². The molecule has 1 aliphatic heterocycles. The first-order valence-electron chi connectivity index (χ1n) is 8.29. The molecule has 1 heterocycles. The van der Waals surface area contributed by atoms with Crippen LogP contribution in [-0.2, 0) is 16.0 Å². The number of hydrogen-bond donors (Lipinski definition) is 3. The lowest BCUT2D eigenvalue weighted by atomic mass is 9.85. The second-order valence-corrected chi connectivity index (χ2v) is 7.14. The van der Waals surface area contributed by atoms with Crippen molar-refractivity contribution in [1.29, 1.82) is 5.26 Å². The highest BCUT2D eigenvalue weighted by atomic mass is 35.5. The Labute approximate surface area is 171 Å². The zero-order valence-electron chi connectivity index (χ0n) is 14.5. The van der Waals surface area contributed by atoms with E-state index in [2.05, 4.69) is 11.4 Å². The van der Waals surface area contributed by atoms with E-state index in [1.807, 2.05) is 0 Å². The van der Waals surface area contributed by atoms with Gasteiger partial charge in [-0.3, -0.25) is 4.79 Å². The topological polar surface area (TPSA) is 116 Å². The number of nitriles is 1. The van der Waals surface area contributed by atoms with E-state index in [1.165, 1.54) is 6.07 Å². The number of aliphatic carboxylic acids is 1. The number of carboxylic acid groups (broad SMARTS) is 1. The predicted octanol–water partition coefficient (Wildman–Crippen LogP) is 3.72. The van der Waals surface area contributed by atoms with Gasteiger partial charge in [-0.15, -0.1) is 0 Å². The fraction of sp³-hybridized carbons (Fsp3) is 0.150. The Hall–Kier alpha value is -3.01. The number of halogens is 2. The lowest BCUT2D eigenvalue weighted by molar-refractivity contribution is -0.137. The molecule has 3 rings (SSSR count). The van der Waals surface area contributed by atoms with Gasteiger partial charge in [0.1, 0.15) is 6.04 Å². The fourth-order valence-corrected chi connectivity index (χ4v) is 3.87. The van der Waals surface area contributed by atoms with Crippen LogP contribution in [0.15, 0.2) is 36.4 Å². The van der Waals surface area contributed by atoms with E-state index in [0.717, 1.165) is 5.56 Å². The number of carbonyl (C=O) groups excluding carboxylic acids is 1. The average molecular weight is 416 g/mol. The Morgan fingerprint density at radius 2 is 1.93 bits per heavy atom. The molecule has 0 radical (unpaired) electrons. The molecule has 1 atom stereocenters. The normalized spacial score (nSPS) is 17.1. The molecule has 28 heavy (non-hydrogen) atoms. The summed E-state index contributed by atoms with van der Waals surface area (Å²) in [7, 11) is 0. The summed E-state index contributed by atoms with van der Waals surface area (Å²) in [6.45, 7) is 0. The number of nitrogens with two attached hydrogens (primary N) is 1. The molecule has 0 aliphatic carbocycles. The molecule has 0 saturated carbocycles. The molecule has 0 aromatic heterocycles. The van der Waals surface area contributed by atoms with E-state index in [4.69, 9.17) is 34.2 Å². The van der Waals surface area contributed by atoms with Crippen LogP contribution in [-0.4, -0.2) is 23.0 Å². The van der Waals surface area contributed by atoms with Gasteiger partial charge < -0.3 is 16.2 Å². The minimum Gasteiger partial charge on any atom is -0.480 e. The molecule has 6 nitrogen and oxygen atoms in total. The SMILES string of the molecule is N#CCc1ccc(/C(C(N)=O)=C2/CC(C(=O)O)Nc3cc(Cl)cc(Cl)c32)cc1. The lowest BCUT2D eigenvalue weighted by Gasteiger charge is -2.29. The summed E-state index contributed by atoms with van der Waals surface area (Å²) >= 11 is 12.4. The van der Waals surface area contributed by atoms with E-state index < -0.39 is 17.9 Å². The van der Waals surface area contributed by atoms with E-state index in [9.17, 15) is 14.7 Å². The quantitative estimate of drug-likeness (QED) is 0.657. The summed E-state index contributed by atoms with van der Waals surface area (Å²) in [5.74, 6) is -1.78. The molecule has 4 N–H and O–H groups in total. The van der Waals surface area contributed by atoms with Crippen molar-refractivity contribution in [2.75, 3.05) is 5.32 Å². The molecule has 142 valence electrons. The van der Waals surface area contributed by atoms with Crippen LogP contribution in [0.2, 0.25) is 10.0 Å². The Balaban J connectivity index is 2.26. The monoisotopic (exact) mass is 415 g/mol. The zero-order chi connectivity index (χ0) is 20.4. The maximum atomic E-state index is 12.3. The fourth-order valence-electron chi connectivity index (χ4n) is 3.26. The second-order valence-electron chi connectivity index (χ2n) is 6.30. The highest BCUT2D eigenvalue weighted by Gasteiger charge is 2.32. The number of fused-ring (bicyclic) bond motifs is 1.